The van der Waals surface area contributed by atoms with Crippen LogP contribution in [0.25, 0.3) is 10.4 Å². The summed E-state index contributed by atoms with van der Waals surface area (Å²) in [6.45, 7) is 7.95. The highest BCUT2D eigenvalue weighted by molar-refractivity contribution is 6.99. The number of nitrogens with zero attached hydrogens (tertiary/aromatic N) is 3. The van der Waals surface area contributed by atoms with Gasteiger partial charge in [0.2, 0.25) is 0 Å². The lowest BCUT2D eigenvalue weighted by Crippen LogP contribution is -2.67. The molecule has 6 heteroatoms. The van der Waals surface area contributed by atoms with E-state index in [-0.39, 0.29) is 11.0 Å². The van der Waals surface area contributed by atoms with E-state index in [0.717, 1.165) is 11.1 Å². The molecule has 0 heterocycles. The molecule has 0 aliphatic heterocycles. The zero-order chi connectivity index (χ0) is 27.6. The van der Waals surface area contributed by atoms with Gasteiger partial charge >= 0.3 is 0 Å². The molecule has 0 fully saturated rings. The van der Waals surface area contributed by atoms with Crippen molar-refractivity contribution in [2.45, 2.75) is 44.4 Å². The van der Waals surface area contributed by atoms with Gasteiger partial charge in [-0.3, -0.25) is 0 Å². The molecule has 0 unspecified atom stereocenters. The van der Waals surface area contributed by atoms with E-state index >= 15 is 0 Å². The van der Waals surface area contributed by atoms with E-state index < -0.39 is 14.4 Å². The highest BCUT2D eigenvalue weighted by atomic mass is 28.4. The van der Waals surface area contributed by atoms with Gasteiger partial charge in [0, 0.05) is 17.4 Å². The summed E-state index contributed by atoms with van der Waals surface area (Å²) >= 11 is 0. The van der Waals surface area contributed by atoms with Gasteiger partial charge in [-0.05, 0) is 32.1 Å². The Bertz CT molecular complexity index is 1280. The third-order valence-corrected chi connectivity index (χ3v) is 12.2. The molecule has 0 bridgehead atoms. The minimum Gasteiger partial charge on any atom is -0.407 e. The molecular weight excluding hydrogens is 498 g/mol. The van der Waals surface area contributed by atoms with Crippen LogP contribution in [0.2, 0.25) is 5.04 Å². The van der Waals surface area contributed by atoms with Crippen LogP contribution in [0.4, 0.5) is 0 Å². The Morgan fingerprint density at radius 3 is 1.69 bits per heavy atom. The molecule has 200 valence electrons. The Balaban J connectivity index is 1.70. The van der Waals surface area contributed by atoms with E-state index in [1.54, 1.807) is 0 Å². The molecule has 0 aliphatic rings. The van der Waals surface area contributed by atoms with Crippen LogP contribution in [0.1, 0.15) is 37.8 Å². The Hall–Kier alpha value is -3.67. The van der Waals surface area contributed by atoms with Crippen molar-refractivity contribution in [1.82, 2.24) is 0 Å². The molecule has 39 heavy (non-hydrogen) atoms. The van der Waals surface area contributed by atoms with Crippen molar-refractivity contribution >= 4 is 18.7 Å². The largest absolute Gasteiger partial charge is 0.407 e. The van der Waals surface area contributed by atoms with E-state index in [4.69, 9.17) is 9.16 Å². The molecule has 0 radical (unpaired) electrons. The van der Waals surface area contributed by atoms with Crippen molar-refractivity contribution in [3.05, 3.63) is 143 Å². The summed E-state index contributed by atoms with van der Waals surface area (Å²) in [5.74, 6) is -0.181. The van der Waals surface area contributed by atoms with Gasteiger partial charge in [0.15, 0.2) is 0 Å². The number of hydrogen-bond donors (Lipinski definition) is 0. The molecule has 5 nitrogen and oxygen atoms in total. The van der Waals surface area contributed by atoms with Gasteiger partial charge in [0.1, 0.15) is 0 Å². The van der Waals surface area contributed by atoms with E-state index in [0.29, 0.717) is 19.8 Å². The van der Waals surface area contributed by atoms with E-state index in [1.807, 2.05) is 60.7 Å². The van der Waals surface area contributed by atoms with Crippen LogP contribution in [-0.2, 0) is 15.8 Å². The van der Waals surface area contributed by atoms with Crippen molar-refractivity contribution in [3.63, 3.8) is 0 Å². The van der Waals surface area contributed by atoms with Crippen LogP contribution in [-0.4, -0.2) is 27.6 Å². The number of ether oxygens (including phenoxy) is 1. The normalized spacial score (nSPS) is 13.3. The first-order chi connectivity index (χ1) is 19.0. The maximum Gasteiger partial charge on any atom is 0.261 e. The van der Waals surface area contributed by atoms with Crippen LogP contribution in [0.5, 0.6) is 0 Å². The molecule has 0 saturated carbocycles. The summed E-state index contributed by atoms with van der Waals surface area (Å²) in [6, 6.07) is 41.0. The Labute approximate surface area is 233 Å². The maximum atomic E-state index is 9.53. The van der Waals surface area contributed by atoms with Crippen molar-refractivity contribution < 1.29 is 9.16 Å². The Morgan fingerprint density at radius 2 is 1.21 bits per heavy atom. The topological polar surface area (TPSA) is 67.2 Å². The van der Waals surface area contributed by atoms with Crippen molar-refractivity contribution in [2.24, 2.45) is 5.11 Å². The zero-order valence-electron chi connectivity index (χ0n) is 23.0. The summed E-state index contributed by atoms with van der Waals surface area (Å²) in [7, 11) is -2.77. The number of benzene rings is 4. The molecular formula is C33H37N3O2Si. The number of azide groups is 1. The summed E-state index contributed by atoms with van der Waals surface area (Å²) in [4.78, 5) is 3.22. The molecule has 0 aliphatic carbocycles. The summed E-state index contributed by atoms with van der Waals surface area (Å²) in [5, 5.41) is 6.51. The fourth-order valence-corrected chi connectivity index (χ4v) is 9.86. The second-order valence-corrected chi connectivity index (χ2v) is 15.1. The predicted octanol–water partition coefficient (Wildman–Crippen LogP) is 7.24. The SMILES string of the molecule is CC(C)(C)[Si](OC[C@@H](c1ccccc1)[C@H](COCc1ccccc1)N=[N+]=[N-])(c1ccccc1)c1ccccc1. The van der Waals surface area contributed by atoms with Crippen molar-refractivity contribution in [2.75, 3.05) is 13.2 Å². The molecule has 0 saturated heterocycles. The zero-order valence-corrected chi connectivity index (χ0v) is 24.0. The fourth-order valence-electron chi connectivity index (χ4n) is 5.27. The lowest BCUT2D eigenvalue weighted by molar-refractivity contribution is 0.0943. The number of hydrogen-bond acceptors (Lipinski definition) is 3. The van der Waals surface area contributed by atoms with Gasteiger partial charge in [-0.25, -0.2) is 0 Å². The van der Waals surface area contributed by atoms with Crippen LogP contribution in [0.15, 0.2) is 126 Å². The third kappa shape index (κ3) is 6.86. The minimum absolute atomic E-state index is 0.158. The molecule has 0 aromatic heterocycles. The van der Waals surface area contributed by atoms with Crippen molar-refractivity contribution in [3.8, 4) is 0 Å². The average Bonchev–Trinajstić information content (AvgIpc) is 2.96. The second kappa shape index (κ2) is 13.4. The minimum atomic E-state index is -2.77. The third-order valence-electron chi connectivity index (χ3n) is 7.19. The van der Waals surface area contributed by atoms with Gasteiger partial charge < -0.3 is 9.16 Å². The first kappa shape index (κ1) is 28.3. The first-order valence-corrected chi connectivity index (χ1v) is 15.3. The molecule has 0 spiro atoms. The standard InChI is InChI=1S/C33H37N3O2Si/c1-33(2,3)39(29-20-12-6-13-21-29,30-22-14-7-15-23-30)38-25-31(28-18-10-5-11-19-28)32(35-36-34)26-37-24-27-16-8-4-9-17-27/h4-23,31-32H,24-26H2,1-3H3/t31-,32-/m0/s1. The van der Waals surface area contributed by atoms with Gasteiger partial charge in [0.25, 0.3) is 8.32 Å². The molecule has 0 N–H and O–H groups in total. The molecule has 4 aromatic rings. The van der Waals surface area contributed by atoms with Gasteiger partial charge in [-0.2, -0.15) is 0 Å². The van der Waals surface area contributed by atoms with Gasteiger partial charge in [0.05, 0.1) is 19.3 Å². The van der Waals surface area contributed by atoms with Crippen LogP contribution >= 0.6 is 0 Å². The van der Waals surface area contributed by atoms with E-state index in [2.05, 4.69) is 91.5 Å². The quantitative estimate of drug-likeness (QED) is 0.0830. The fraction of sp³-hybridized carbons (Fsp3) is 0.273. The number of rotatable bonds is 12. The predicted molar refractivity (Wildman–Crippen MR) is 162 cm³/mol. The lowest BCUT2D eigenvalue weighted by Gasteiger charge is -2.44. The van der Waals surface area contributed by atoms with Crippen molar-refractivity contribution in [1.29, 1.82) is 0 Å². The van der Waals surface area contributed by atoms with Gasteiger partial charge in [-0.1, -0.05) is 147 Å². The van der Waals surface area contributed by atoms with Crippen LogP contribution in [0.3, 0.4) is 0 Å². The molecule has 2 atom stereocenters. The van der Waals surface area contributed by atoms with E-state index in [1.165, 1.54) is 10.4 Å². The summed E-state index contributed by atoms with van der Waals surface area (Å²) < 4.78 is 13.4. The highest BCUT2D eigenvalue weighted by Crippen LogP contribution is 2.38. The second-order valence-electron chi connectivity index (χ2n) is 10.8. The highest BCUT2D eigenvalue weighted by Gasteiger charge is 2.50. The monoisotopic (exact) mass is 535 g/mol. The Kier molecular flexibility index (Phi) is 9.74. The lowest BCUT2D eigenvalue weighted by atomic mass is 9.93. The maximum absolute atomic E-state index is 9.53. The molecule has 4 aromatic carbocycles. The van der Waals surface area contributed by atoms with E-state index in [9.17, 15) is 5.53 Å². The average molecular weight is 536 g/mol. The van der Waals surface area contributed by atoms with Crippen LogP contribution in [0, 0.1) is 0 Å². The smallest absolute Gasteiger partial charge is 0.261 e. The van der Waals surface area contributed by atoms with Gasteiger partial charge in [-0.15, -0.1) is 0 Å². The first-order valence-electron chi connectivity index (χ1n) is 13.4. The summed E-state index contributed by atoms with van der Waals surface area (Å²) in [5.41, 5.74) is 11.7. The Morgan fingerprint density at radius 1 is 0.718 bits per heavy atom. The summed E-state index contributed by atoms with van der Waals surface area (Å²) in [6.07, 6.45) is 0. The van der Waals surface area contributed by atoms with Crippen LogP contribution < -0.4 is 10.4 Å². The molecule has 0 amide bonds. The molecule has 4 rings (SSSR count).